The Morgan fingerprint density at radius 1 is 1.33 bits per heavy atom. The van der Waals surface area contributed by atoms with Crippen LogP contribution in [0.15, 0.2) is 24.3 Å². The molecule has 6 nitrogen and oxygen atoms in total. The van der Waals surface area contributed by atoms with Crippen LogP contribution in [0, 0.1) is 13.8 Å². The van der Waals surface area contributed by atoms with E-state index in [2.05, 4.69) is 30.5 Å². The van der Waals surface area contributed by atoms with Gasteiger partial charge in [0.15, 0.2) is 5.65 Å². The number of carbonyl (C=O) groups is 1. The average Bonchev–Trinajstić information content (AvgIpc) is 3.02. The Labute approximate surface area is 159 Å². The molecule has 4 rings (SSSR count). The van der Waals surface area contributed by atoms with E-state index in [1.54, 1.807) is 0 Å². The number of nitrogens with zero attached hydrogens (tertiary/aromatic N) is 3. The zero-order valence-electron chi connectivity index (χ0n) is 16.2. The summed E-state index contributed by atoms with van der Waals surface area (Å²) in [5, 5.41) is 12.4. The Bertz CT molecular complexity index is 993. The minimum atomic E-state index is 0.111. The van der Waals surface area contributed by atoms with Gasteiger partial charge in [-0.1, -0.05) is 12.1 Å². The quantitative estimate of drug-likeness (QED) is 0.746. The Morgan fingerprint density at radius 3 is 2.96 bits per heavy atom. The number of nitrogens with one attached hydrogen (secondary N) is 2. The summed E-state index contributed by atoms with van der Waals surface area (Å²) in [6, 6.07) is 8.62. The van der Waals surface area contributed by atoms with E-state index >= 15 is 0 Å². The van der Waals surface area contributed by atoms with Crippen LogP contribution in [0.3, 0.4) is 0 Å². The first-order valence-corrected chi connectivity index (χ1v) is 9.81. The highest BCUT2D eigenvalue weighted by Gasteiger charge is 2.22. The first kappa shape index (κ1) is 17.9. The van der Waals surface area contributed by atoms with Crippen molar-refractivity contribution in [1.29, 1.82) is 0 Å². The highest BCUT2D eigenvalue weighted by molar-refractivity contribution is 5.92. The highest BCUT2D eigenvalue weighted by atomic mass is 16.1. The second-order valence-corrected chi connectivity index (χ2v) is 7.57. The van der Waals surface area contributed by atoms with Crippen molar-refractivity contribution in [3.05, 3.63) is 41.2 Å². The molecule has 1 saturated heterocycles. The maximum absolute atomic E-state index is 12.5. The SMILES string of the molecule is Cc1nc2c3ccccc3nn2c(C)c1CCC(=O)NC1CCCNC1C. The molecule has 6 heteroatoms. The highest BCUT2D eigenvalue weighted by Crippen LogP contribution is 2.23. The number of rotatable bonds is 4. The zero-order valence-corrected chi connectivity index (χ0v) is 16.2. The minimum absolute atomic E-state index is 0.111. The largest absolute Gasteiger partial charge is 0.352 e. The molecule has 3 aromatic rings. The van der Waals surface area contributed by atoms with Gasteiger partial charge in [0.05, 0.1) is 5.52 Å². The number of piperidine rings is 1. The predicted octanol–water partition coefficient (Wildman–Crippen LogP) is 2.69. The van der Waals surface area contributed by atoms with Gasteiger partial charge in [-0.15, -0.1) is 0 Å². The third kappa shape index (κ3) is 3.41. The molecule has 1 fully saturated rings. The summed E-state index contributed by atoms with van der Waals surface area (Å²) in [4.78, 5) is 17.3. The van der Waals surface area contributed by atoms with Crippen molar-refractivity contribution in [2.45, 2.75) is 58.5 Å². The molecule has 0 spiro atoms. The molecule has 2 atom stereocenters. The Morgan fingerprint density at radius 2 is 2.15 bits per heavy atom. The fraction of sp³-hybridized carbons (Fsp3) is 0.476. The molecule has 2 N–H and O–H groups in total. The molecule has 0 radical (unpaired) electrons. The van der Waals surface area contributed by atoms with Crippen molar-refractivity contribution in [2.75, 3.05) is 6.54 Å². The van der Waals surface area contributed by atoms with Gasteiger partial charge in [-0.25, -0.2) is 9.50 Å². The Kier molecular flexibility index (Phi) is 4.83. The van der Waals surface area contributed by atoms with E-state index in [0.717, 1.165) is 52.9 Å². The van der Waals surface area contributed by atoms with E-state index in [4.69, 9.17) is 10.1 Å². The van der Waals surface area contributed by atoms with Crippen LogP contribution in [0.25, 0.3) is 16.6 Å². The number of hydrogen-bond acceptors (Lipinski definition) is 4. The molecule has 0 aliphatic carbocycles. The van der Waals surface area contributed by atoms with E-state index in [-0.39, 0.29) is 11.9 Å². The predicted molar refractivity (Wildman–Crippen MR) is 107 cm³/mol. The van der Waals surface area contributed by atoms with Crippen LogP contribution < -0.4 is 10.6 Å². The lowest BCUT2D eigenvalue weighted by atomic mass is 9.99. The molecular formula is C21H27N5O. The first-order valence-electron chi connectivity index (χ1n) is 9.81. The van der Waals surface area contributed by atoms with Crippen LogP contribution in [-0.2, 0) is 11.2 Å². The third-order valence-corrected chi connectivity index (χ3v) is 5.73. The Hall–Kier alpha value is -2.47. The molecule has 0 bridgehead atoms. The van der Waals surface area contributed by atoms with Crippen LogP contribution in [0.4, 0.5) is 0 Å². The normalized spacial score (nSPS) is 20.3. The van der Waals surface area contributed by atoms with E-state index in [1.165, 1.54) is 0 Å². The molecule has 0 saturated carbocycles. The summed E-state index contributed by atoms with van der Waals surface area (Å²) in [6.45, 7) is 7.26. The van der Waals surface area contributed by atoms with Gasteiger partial charge >= 0.3 is 0 Å². The Balaban J connectivity index is 1.53. The standard InChI is InChI=1S/C21H27N5O/c1-13-16(10-11-20(27)24-18-9-6-12-22-14(18)2)15(3)26-21(23-13)17-7-4-5-8-19(17)25-26/h4-5,7-8,14,18,22H,6,9-12H2,1-3H3,(H,24,27). The van der Waals surface area contributed by atoms with Crippen molar-refractivity contribution in [1.82, 2.24) is 25.2 Å². The van der Waals surface area contributed by atoms with Gasteiger partial charge in [0.1, 0.15) is 0 Å². The number of carbonyl (C=O) groups excluding carboxylic acids is 1. The third-order valence-electron chi connectivity index (χ3n) is 5.73. The zero-order chi connectivity index (χ0) is 19.0. The molecule has 2 unspecified atom stereocenters. The van der Waals surface area contributed by atoms with Crippen molar-refractivity contribution >= 4 is 22.5 Å². The van der Waals surface area contributed by atoms with Crippen molar-refractivity contribution < 1.29 is 4.79 Å². The van der Waals surface area contributed by atoms with Gasteiger partial charge in [-0.05, 0) is 64.3 Å². The fourth-order valence-corrected chi connectivity index (χ4v) is 4.10. The van der Waals surface area contributed by atoms with E-state index < -0.39 is 0 Å². The number of aryl methyl sites for hydroxylation is 2. The van der Waals surface area contributed by atoms with Crippen LogP contribution in [0.1, 0.15) is 43.1 Å². The lowest BCUT2D eigenvalue weighted by Crippen LogP contribution is -2.51. The van der Waals surface area contributed by atoms with E-state index in [0.29, 0.717) is 18.9 Å². The van der Waals surface area contributed by atoms with E-state index in [1.807, 2.05) is 29.6 Å². The van der Waals surface area contributed by atoms with Gasteiger partial charge in [0, 0.05) is 35.3 Å². The summed E-state index contributed by atoms with van der Waals surface area (Å²) in [6.07, 6.45) is 3.31. The topological polar surface area (TPSA) is 71.3 Å². The second kappa shape index (κ2) is 7.27. The molecule has 3 heterocycles. The summed E-state index contributed by atoms with van der Waals surface area (Å²) in [5.41, 5.74) is 4.98. The van der Waals surface area contributed by atoms with Crippen LogP contribution in [0.5, 0.6) is 0 Å². The summed E-state index contributed by atoms with van der Waals surface area (Å²) >= 11 is 0. The molecule has 1 aliphatic heterocycles. The summed E-state index contributed by atoms with van der Waals surface area (Å²) in [5.74, 6) is 0.111. The molecular weight excluding hydrogens is 338 g/mol. The van der Waals surface area contributed by atoms with Gasteiger partial charge in [0.25, 0.3) is 0 Å². The van der Waals surface area contributed by atoms with Gasteiger partial charge in [0.2, 0.25) is 5.91 Å². The van der Waals surface area contributed by atoms with Crippen LogP contribution in [-0.4, -0.2) is 39.1 Å². The van der Waals surface area contributed by atoms with E-state index in [9.17, 15) is 4.79 Å². The lowest BCUT2D eigenvalue weighted by Gasteiger charge is -2.30. The number of aromatic nitrogens is 3. The van der Waals surface area contributed by atoms with Crippen LogP contribution >= 0.6 is 0 Å². The van der Waals surface area contributed by atoms with Crippen molar-refractivity contribution in [3.63, 3.8) is 0 Å². The maximum Gasteiger partial charge on any atom is 0.220 e. The fourth-order valence-electron chi connectivity index (χ4n) is 4.10. The van der Waals surface area contributed by atoms with Gasteiger partial charge in [-0.2, -0.15) is 5.10 Å². The molecule has 1 aliphatic rings. The van der Waals surface area contributed by atoms with Crippen molar-refractivity contribution in [2.24, 2.45) is 0 Å². The number of fused-ring (bicyclic) bond motifs is 3. The maximum atomic E-state index is 12.5. The summed E-state index contributed by atoms with van der Waals surface area (Å²) in [7, 11) is 0. The van der Waals surface area contributed by atoms with Crippen molar-refractivity contribution in [3.8, 4) is 0 Å². The monoisotopic (exact) mass is 365 g/mol. The summed E-state index contributed by atoms with van der Waals surface area (Å²) < 4.78 is 1.91. The average molecular weight is 365 g/mol. The van der Waals surface area contributed by atoms with Crippen LogP contribution in [0.2, 0.25) is 0 Å². The number of amides is 1. The van der Waals surface area contributed by atoms with Gasteiger partial charge in [-0.3, -0.25) is 4.79 Å². The second-order valence-electron chi connectivity index (χ2n) is 7.57. The molecule has 1 amide bonds. The minimum Gasteiger partial charge on any atom is -0.352 e. The molecule has 2 aromatic heterocycles. The number of benzene rings is 1. The lowest BCUT2D eigenvalue weighted by molar-refractivity contribution is -0.122. The van der Waals surface area contributed by atoms with Gasteiger partial charge < -0.3 is 10.6 Å². The molecule has 142 valence electrons. The number of hydrogen-bond donors (Lipinski definition) is 2. The molecule has 27 heavy (non-hydrogen) atoms. The smallest absolute Gasteiger partial charge is 0.220 e. The first-order chi connectivity index (χ1) is 13.0. The molecule has 1 aromatic carbocycles.